The van der Waals surface area contributed by atoms with Crippen LogP contribution in [0.1, 0.15) is 22.5 Å². The number of pyridine rings is 1. The molecule has 1 aliphatic rings. The van der Waals surface area contributed by atoms with Crippen molar-refractivity contribution < 1.29 is 13.9 Å². The Balaban J connectivity index is 1.86. The number of carbonyl (C=O) groups excluding carboxylic acids is 1. The fraction of sp³-hybridized carbons (Fsp3) is 0.438. The highest BCUT2D eigenvalue weighted by atomic mass is 19.1. The van der Waals surface area contributed by atoms with E-state index in [0.717, 1.165) is 12.2 Å². The topological polar surface area (TPSA) is 86.3 Å². The van der Waals surface area contributed by atoms with Gasteiger partial charge in [-0.15, -0.1) is 0 Å². The van der Waals surface area contributed by atoms with E-state index in [2.05, 4.69) is 9.97 Å². The van der Waals surface area contributed by atoms with Crippen molar-refractivity contribution in [3.63, 3.8) is 0 Å². The van der Waals surface area contributed by atoms with Crippen LogP contribution in [0.5, 0.6) is 5.88 Å². The number of imidazole rings is 1. The maximum atomic E-state index is 14.1. The van der Waals surface area contributed by atoms with Gasteiger partial charge in [-0.1, -0.05) is 0 Å². The van der Waals surface area contributed by atoms with Gasteiger partial charge in [-0.3, -0.25) is 4.79 Å². The molecule has 3 heterocycles. The number of likely N-dealkylation sites (tertiary alicyclic amines) is 1. The molecular formula is C16H20FN5O2. The second-order valence-corrected chi connectivity index (χ2v) is 6.06. The van der Waals surface area contributed by atoms with Gasteiger partial charge < -0.3 is 19.9 Å². The molecule has 24 heavy (non-hydrogen) atoms. The number of hydrogen-bond donors (Lipinski definition) is 1. The number of alkyl halides is 1. The van der Waals surface area contributed by atoms with Crippen molar-refractivity contribution in [3.8, 4) is 11.6 Å². The summed E-state index contributed by atoms with van der Waals surface area (Å²) in [5.41, 5.74) is 7.04. The average molecular weight is 333 g/mol. The molecule has 2 aromatic heterocycles. The van der Waals surface area contributed by atoms with Gasteiger partial charge in [0, 0.05) is 19.3 Å². The molecule has 0 unspecified atom stereocenters. The van der Waals surface area contributed by atoms with Crippen molar-refractivity contribution in [3.05, 3.63) is 36.0 Å². The number of piperidine rings is 1. The molecule has 7 nitrogen and oxygen atoms in total. The molecule has 0 spiro atoms. The maximum absolute atomic E-state index is 14.1. The van der Waals surface area contributed by atoms with Gasteiger partial charge in [0.1, 0.15) is 17.8 Å². The zero-order chi connectivity index (χ0) is 17.3. The summed E-state index contributed by atoms with van der Waals surface area (Å²) in [5, 5.41) is 0. The second-order valence-electron chi connectivity index (χ2n) is 6.06. The second kappa shape index (κ2) is 6.56. The summed E-state index contributed by atoms with van der Waals surface area (Å²) in [4.78, 5) is 22.0. The SMILES string of the molecule is Cc1cn(-c2cnc(O[C@@H]3CCN(C)C[C@@H]3F)c(C(N)=O)c2)cn1. The molecule has 8 heteroatoms. The van der Waals surface area contributed by atoms with Gasteiger partial charge in [-0.25, -0.2) is 14.4 Å². The van der Waals surface area contributed by atoms with E-state index in [1.54, 1.807) is 29.4 Å². The van der Waals surface area contributed by atoms with Crippen LogP contribution >= 0.6 is 0 Å². The van der Waals surface area contributed by atoms with Crippen molar-refractivity contribution in [2.45, 2.75) is 25.6 Å². The van der Waals surface area contributed by atoms with Crippen LogP contribution in [0.25, 0.3) is 5.69 Å². The molecule has 1 fully saturated rings. The number of hydrogen-bond acceptors (Lipinski definition) is 5. The smallest absolute Gasteiger partial charge is 0.254 e. The predicted octanol–water partition coefficient (Wildman–Crippen LogP) is 1.10. The van der Waals surface area contributed by atoms with E-state index in [1.165, 1.54) is 0 Å². The zero-order valence-electron chi connectivity index (χ0n) is 13.6. The summed E-state index contributed by atoms with van der Waals surface area (Å²) < 4.78 is 21.5. The third-order valence-corrected chi connectivity index (χ3v) is 4.06. The van der Waals surface area contributed by atoms with E-state index in [1.807, 2.05) is 18.9 Å². The number of nitrogens with zero attached hydrogens (tertiary/aromatic N) is 4. The number of aromatic nitrogens is 3. The minimum Gasteiger partial charge on any atom is -0.471 e. The van der Waals surface area contributed by atoms with Crippen LogP contribution in [0.3, 0.4) is 0 Å². The van der Waals surface area contributed by atoms with E-state index in [4.69, 9.17) is 10.5 Å². The first kappa shape index (κ1) is 16.4. The first-order valence-electron chi connectivity index (χ1n) is 7.74. The molecule has 1 saturated heterocycles. The van der Waals surface area contributed by atoms with Gasteiger partial charge in [0.2, 0.25) is 5.88 Å². The van der Waals surface area contributed by atoms with Crippen LogP contribution in [-0.4, -0.2) is 57.8 Å². The van der Waals surface area contributed by atoms with E-state index >= 15 is 0 Å². The molecule has 0 aromatic carbocycles. The zero-order valence-corrected chi connectivity index (χ0v) is 13.6. The quantitative estimate of drug-likeness (QED) is 0.905. The minimum absolute atomic E-state index is 0.0697. The number of carbonyl (C=O) groups is 1. The third kappa shape index (κ3) is 3.38. The summed E-state index contributed by atoms with van der Waals surface area (Å²) in [6.07, 6.45) is 3.73. The van der Waals surface area contributed by atoms with Gasteiger partial charge in [0.25, 0.3) is 5.91 Å². The van der Waals surface area contributed by atoms with Gasteiger partial charge in [-0.05, 0) is 26.5 Å². The van der Waals surface area contributed by atoms with E-state index in [9.17, 15) is 9.18 Å². The fourth-order valence-electron chi connectivity index (χ4n) is 2.73. The van der Waals surface area contributed by atoms with Crippen molar-refractivity contribution in [2.24, 2.45) is 5.73 Å². The normalized spacial score (nSPS) is 21.6. The first-order chi connectivity index (χ1) is 11.4. The number of amides is 1. The highest BCUT2D eigenvalue weighted by Crippen LogP contribution is 2.24. The summed E-state index contributed by atoms with van der Waals surface area (Å²) in [5.74, 6) is -0.597. The molecule has 0 saturated carbocycles. The molecule has 1 amide bonds. The maximum Gasteiger partial charge on any atom is 0.254 e. The standard InChI is InChI=1S/C16H20FN5O2/c1-10-7-22(9-20-10)11-5-12(15(18)23)16(19-6-11)24-14-3-4-21(2)8-13(14)17/h5-7,9,13-14H,3-4,8H2,1-2H3,(H2,18,23)/t13-,14+/m0/s1. The Morgan fingerprint density at radius 3 is 2.88 bits per heavy atom. The molecule has 3 rings (SSSR count). The van der Waals surface area contributed by atoms with Crippen LogP contribution in [0, 0.1) is 6.92 Å². The molecule has 0 aliphatic carbocycles. The van der Waals surface area contributed by atoms with E-state index < -0.39 is 18.2 Å². The molecule has 2 atom stereocenters. The van der Waals surface area contributed by atoms with Gasteiger partial charge >= 0.3 is 0 Å². The first-order valence-corrected chi connectivity index (χ1v) is 7.74. The van der Waals surface area contributed by atoms with Crippen molar-refractivity contribution in [1.29, 1.82) is 0 Å². The number of aryl methyl sites for hydroxylation is 1. The number of nitrogens with two attached hydrogens (primary N) is 1. The number of rotatable bonds is 4. The molecule has 0 radical (unpaired) electrons. The van der Waals surface area contributed by atoms with Gasteiger partial charge in [-0.2, -0.15) is 0 Å². The van der Waals surface area contributed by atoms with Crippen molar-refractivity contribution in [2.75, 3.05) is 20.1 Å². The van der Waals surface area contributed by atoms with Gasteiger partial charge in [0.05, 0.1) is 23.9 Å². The van der Waals surface area contributed by atoms with Crippen LogP contribution in [-0.2, 0) is 0 Å². The van der Waals surface area contributed by atoms with Crippen LogP contribution in [0.4, 0.5) is 4.39 Å². The largest absolute Gasteiger partial charge is 0.471 e. The Hall–Kier alpha value is -2.48. The van der Waals surface area contributed by atoms with Crippen molar-refractivity contribution >= 4 is 5.91 Å². The Labute approximate surface area is 139 Å². The molecule has 2 aromatic rings. The summed E-state index contributed by atoms with van der Waals surface area (Å²) >= 11 is 0. The van der Waals surface area contributed by atoms with Crippen LogP contribution in [0.2, 0.25) is 0 Å². The highest BCUT2D eigenvalue weighted by Gasteiger charge is 2.30. The Morgan fingerprint density at radius 2 is 2.25 bits per heavy atom. The molecule has 2 N–H and O–H groups in total. The predicted molar refractivity (Wildman–Crippen MR) is 86.0 cm³/mol. The monoisotopic (exact) mass is 333 g/mol. The lowest BCUT2D eigenvalue weighted by atomic mass is 10.1. The van der Waals surface area contributed by atoms with Gasteiger partial charge in [0.15, 0.2) is 0 Å². The van der Waals surface area contributed by atoms with Crippen molar-refractivity contribution in [1.82, 2.24) is 19.4 Å². The number of halogens is 1. The Bertz CT molecular complexity index is 748. The lowest BCUT2D eigenvalue weighted by molar-refractivity contribution is 0.0280. The number of primary amides is 1. The summed E-state index contributed by atoms with van der Waals surface area (Å²) in [7, 11) is 1.86. The van der Waals surface area contributed by atoms with E-state index in [-0.39, 0.29) is 11.4 Å². The third-order valence-electron chi connectivity index (χ3n) is 4.06. The fourth-order valence-corrected chi connectivity index (χ4v) is 2.73. The Morgan fingerprint density at radius 1 is 1.46 bits per heavy atom. The molecule has 0 bridgehead atoms. The Kier molecular flexibility index (Phi) is 4.48. The lowest BCUT2D eigenvalue weighted by Crippen LogP contribution is -2.45. The average Bonchev–Trinajstić information content (AvgIpc) is 2.96. The molecule has 1 aliphatic heterocycles. The number of ether oxygens (including phenoxy) is 1. The van der Waals surface area contributed by atoms with E-state index in [0.29, 0.717) is 18.7 Å². The molecular weight excluding hydrogens is 313 g/mol. The minimum atomic E-state index is -1.14. The molecule has 128 valence electrons. The van der Waals surface area contributed by atoms with Crippen LogP contribution < -0.4 is 10.5 Å². The summed E-state index contributed by atoms with van der Waals surface area (Å²) in [6, 6.07) is 1.58. The highest BCUT2D eigenvalue weighted by molar-refractivity contribution is 5.95. The summed E-state index contributed by atoms with van der Waals surface area (Å²) in [6.45, 7) is 2.88. The van der Waals surface area contributed by atoms with Crippen LogP contribution in [0.15, 0.2) is 24.8 Å². The lowest BCUT2D eigenvalue weighted by Gasteiger charge is -2.32.